The molecule has 1 N–H and O–H groups in total. The number of hydrogen-bond donors (Lipinski definition) is 1. The Labute approximate surface area is 123 Å². The maximum atomic E-state index is 11.1. The summed E-state index contributed by atoms with van der Waals surface area (Å²) < 4.78 is 5.29. The molecule has 0 aromatic carbocycles. The Kier molecular flexibility index (Phi) is 10.7. The molecule has 0 radical (unpaired) electrons. The van der Waals surface area contributed by atoms with Crippen LogP contribution in [-0.4, -0.2) is 24.0 Å². The van der Waals surface area contributed by atoms with E-state index in [-0.39, 0.29) is 24.0 Å². The van der Waals surface area contributed by atoms with Crippen LogP contribution in [0.1, 0.15) is 65.7 Å². The van der Waals surface area contributed by atoms with E-state index in [1.807, 2.05) is 13.0 Å². The van der Waals surface area contributed by atoms with Crippen LogP contribution in [0.2, 0.25) is 0 Å². The average molecular weight is 283 g/mol. The lowest BCUT2D eigenvalue weighted by Gasteiger charge is -2.24. The first-order valence-corrected chi connectivity index (χ1v) is 7.52. The van der Waals surface area contributed by atoms with E-state index in [2.05, 4.69) is 11.9 Å². The fourth-order valence-corrected chi connectivity index (χ4v) is 2.20. The maximum Gasteiger partial charge on any atom is 0.302 e. The number of unbranched alkanes of at least 4 members (excludes halogenated alkanes) is 5. The van der Waals surface area contributed by atoms with Gasteiger partial charge in [0.15, 0.2) is 0 Å². The van der Waals surface area contributed by atoms with Gasteiger partial charge in [-0.25, -0.2) is 0 Å². The molecule has 0 aromatic heterocycles. The van der Waals surface area contributed by atoms with Crippen LogP contribution in [0.5, 0.6) is 0 Å². The minimum absolute atomic E-state index is 0.0981. The third-order valence-corrected chi connectivity index (χ3v) is 3.20. The summed E-state index contributed by atoms with van der Waals surface area (Å²) >= 11 is 0. The molecule has 0 bridgehead atoms. The van der Waals surface area contributed by atoms with Crippen LogP contribution in [0.25, 0.3) is 0 Å². The average Bonchev–Trinajstić information content (AvgIpc) is 2.35. The molecule has 0 aliphatic rings. The fraction of sp³-hybridized carbons (Fsp3) is 0.750. The van der Waals surface area contributed by atoms with Gasteiger partial charge in [0.1, 0.15) is 6.10 Å². The third-order valence-electron chi connectivity index (χ3n) is 3.20. The quantitative estimate of drug-likeness (QED) is 0.359. The molecule has 4 heteroatoms. The van der Waals surface area contributed by atoms with Crippen molar-refractivity contribution in [2.24, 2.45) is 0 Å². The highest BCUT2D eigenvalue weighted by atomic mass is 16.5. The van der Waals surface area contributed by atoms with Gasteiger partial charge in [-0.2, -0.15) is 0 Å². The van der Waals surface area contributed by atoms with Gasteiger partial charge in [-0.05, 0) is 32.6 Å². The molecule has 20 heavy (non-hydrogen) atoms. The van der Waals surface area contributed by atoms with Crippen LogP contribution >= 0.6 is 0 Å². The van der Waals surface area contributed by atoms with Crippen LogP contribution in [-0.2, 0) is 14.3 Å². The number of rotatable bonds is 11. The lowest BCUT2D eigenvalue weighted by atomic mass is 10.0. The van der Waals surface area contributed by atoms with Crippen molar-refractivity contribution >= 4 is 11.9 Å². The van der Waals surface area contributed by atoms with E-state index in [1.165, 1.54) is 33.1 Å². The highest BCUT2D eigenvalue weighted by molar-refractivity contribution is 5.73. The lowest BCUT2D eigenvalue weighted by Crippen LogP contribution is -2.42. The zero-order valence-corrected chi connectivity index (χ0v) is 13.1. The first kappa shape index (κ1) is 18.7. The van der Waals surface area contributed by atoms with Crippen molar-refractivity contribution in [1.82, 2.24) is 5.32 Å². The zero-order valence-electron chi connectivity index (χ0n) is 13.1. The second-order valence-corrected chi connectivity index (χ2v) is 5.27. The number of allylic oxidation sites excluding steroid dienone is 1. The third kappa shape index (κ3) is 10.6. The van der Waals surface area contributed by atoms with E-state index >= 15 is 0 Å². The van der Waals surface area contributed by atoms with E-state index in [1.54, 1.807) is 0 Å². The molecule has 1 amide bonds. The number of esters is 1. The van der Waals surface area contributed by atoms with Gasteiger partial charge in [-0.1, -0.05) is 25.3 Å². The highest BCUT2D eigenvalue weighted by Gasteiger charge is 2.20. The van der Waals surface area contributed by atoms with Crippen LogP contribution in [0.15, 0.2) is 12.7 Å². The molecule has 2 atom stereocenters. The lowest BCUT2D eigenvalue weighted by molar-refractivity contribution is -0.148. The van der Waals surface area contributed by atoms with Gasteiger partial charge in [-0.3, -0.25) is 9.59 Å². The van der Waals surface area contributed by atoms with Crippen molar-refractivity contribution in [3.63, 3.8) is 0 Å². The Morgan fingerprint density at radius 2 is 1.75 bits per heavy atom. The molecule has 0 spiro atoms. The minimum Gasteiger partial charge on any atom is -0.460 e. The molecule has 0 unspecified atom stereocenters. The van der Waals surface area contributed by atoms with Crippen LogP contribution < -0.4 is 5.32 Å². The Hall–Kier alpha value is -1.32. The van der Waals surface area contributed by atoms with Crippen molar-refractivity contribution in [2.45, 2.75) is 77.9 Å². The highest BCUT2D eigenvalue weighted by Crippen LogP contribution is 2.13. The predicted octanol–water partition coefficient (Wildman–Crippen LogP) is 3.36. The second kappa shape index (κ2) is 11.5. The zero-order chi connectivity index (χ0) is 15.4. The maximum absolute atomic E-state index is 11.1. The summed E-state index contributed by atoms with van der Waals surface area (Å²) in [5, 5.41) is 2.79. The molecule has 0 fully saturated rings. The predicted molar refractivity (Wildman–Crippen MR) is 81.3 cm³/mol. The van der Waals surface area contributed by atoms with E-state index in [9.17, 15) is 9.59 Å². The smallest absolute Gasteiger partial charge is 0.302 e. The number of nitrogens with one attached hydrogen (secondary N) is 1. The summed E-state index contributed by atoms with van der Waals surface area (Å²) in [5.41, 5.74) is 0. The number of carbonyl (C=O) groups excluding carboxylic acids is 2. The van der Waals surface area contributed by atoms with Crippen molar-refractivity contribution in [3.05, 3.63) is 12.7 Å². The van der Waals surface area contributed by atoms with E-state index in [0.29, 0.717) is 0 Å². The summed E-state index contributed by atoms with van der Waals surface area (Å²) in [4.78, 5) is 22.2. The molecule has 0 aromatic rings. The van der Waals surface area contributed by atoms with Crippen molar-refractivity contribution in [1.29, 1.82) is 0 Å². The summed E-state index contributed by atoms with van der Waals surface area (Å²) in [6.45, 7) is 8.46. The molecule has 4 nitrogen and oxygen atoms in total. The largest absolute Gasteiger partial charge is 0.460 e. The van der Waals surface area contributed by atoms with Gasteiger partial charge in [-0.15, -0.1) is 6.58 Å². The first-order valence-electron chi connectivity index (χ1n) is 7.52. The number of ether oxygens (including phenoxy) is 1. The molecule has 0 heterocycles. The molecular weight excluding hydrogens is 254 g/mol. The van der Waals surface area contributed by atoms with Gasteiger partial charge in [0, 0.05) is 13.8 Å². The first-order chi connectivity index (χ1) is 9.47. The molecule has 0 aliphatic carbocycles. The van der Waals surface area contributed by atoms with Crippen molar-refractivity contribution in [2.75, 3.05) is 0 Å². The minimum atomic E-state index is -0.293. The van der Waals surface area contributed by atoms with E-state index in [0.717, 1.165) is 25.7 Å². The van der Waals surface area contributed by atoms with Crippen molar-refractivity contribution in [3.8, 4) is 0 Å². The Morgan fingerprint density at radius 3 is 2.30 bits per heavy atom. The van der Waals surface area contributed by atoms with Crippen LogP contribution in [0.4, 0.5) is 0 Å². The SMILES string of the molecule is C=CCCCCCCC[C@@H](OC(C)=O)[C@H](C)NC(C)=O. The molecule has 0 aliphatic heterocycles. The molecule has 0 saturated heterocycles. The number of amides is 1. The van der Waals surface area contributed by atoms with E-state index in [4.69, 9.17) is 4.74 Å². The Balaban J connectivity index is 3.94. The Bertz CT molecular complexity index is 302. The molecule has 0 saturated carbocycles. The molecule has 0 rings (SSSR count). The Morgan fingerprint density at radius 1 is 1.15 bits per heavy atom. The van der Waals surface area contributed by atoms with Crippen LogP contribution in [0, 0.1) is 0 Å². The molecular formula is C16H29NO3. The summed E-state index contributed by atoms with van der Waals surface area (Å²) in [5.74, 6) is -0.391. The molecule has 116 valence electrons. The topological polar surface area (TPSA) is 55.4 Å². The monoisotopic (exact) mass is 283 g/mol. The number of carbonyl (C=O) groups is 2. The van der Waals surface area contributed by atoms with E-state index < -0.39 is 0 Å². The van der Waals surface area contributed by atoms with Crippen LogP contribution in [0.3, 0.4) is 0 Å². The second-order valence-electron chi connectivity index (χ2n) is 5.27. The summed E-state index contributed by atoms with van der Waals surface area (Å²) in [7, 11) is 0. The van der Waals surface area contributed by atoms with Gasteiger partial charge in [0.05, 0.1) is 6.04 Å². The van der Waals surface area contributed by atoms with Gasteiger partial charge >= 0.3 is 5.97 Å². The van der Waals surface area contributed by atoms with Gasteiger partial charge in [0.2, 0.25) is 5.91 Å². The van der Waals surface area contributed by atoms with Gasteiger partial charge < -0.3 is 10.1 Å². The fourth-order valence-electron chi connectivity index (χ4n) is 2.20. The summed E-state index contributed by atoms with van der Waals surface area (Å²) in [6, 6.07) is -0.142. The summed E-state index contributed by atoms with van der Waals surface area (Å²) in [6.07, 6.45) is 9.33. The van der Waals surface area contributed by atoms with Gasteiger partial charge in [0.25, 0.3) is 0 Å². The van der Waals surface area contributed by atoms with Crippen molar-refractivity contribution < 1.29 is 14.3 Å². The standard InChI is InChI=1S/C16H29NO3/c1-5-6-7-8-9-10-11-12-16(20-15(4)19)13(2)17-14(3)18/h5,13,16H,1,6-12H2,2-4H3,(H,17,18)/t13-,16+/m0/s1. The number of hydrogen-bond acceptors (Lipinski definition) is 3. The normalized spacial score (nSPS) is 13.3.